The van der Waals surface area contributed by atoms with Crippen molar-refractivity contribution in [3.8, 4) is 0 Å². The minimum absolute atomic E-state index is 0.466. The maximum atomic E-state index is 10.7. The van der Waals surface area contributed by atoms with E-state index in [1.54, 1.807) is 0 Å². The zero-order chi connectivity index (χ0) is 10.2. The van der Waals surface area contributed by atoms with E-state index in [4.69, 9.17) is 0 Å². The number of carbonyl (C=O) groups excluding carboxylic acids is 1. The smallest absolute Gasteiger partial charge is 0.151 e. The molecule has 74 valence electrons. The van der Waals surface area contributed by atoms with Crippen molar-refractivity contribution in [2.24, 2.45) is 0 Å². The van der Waals surface area contributed by atoms with Gasteiger partial charge in [0.25, 0.3) is 0 Å². The van der Waals surface area contributed by atoms with Gasteiger partial charge in [-0.15, -0.1) is 0 Å². The predicted octanol–water partition coefficient (Wildman–Crippen LogP) is 1.41. The number of hydrogen-bond donors (Lipinski definition) is 1. The molecule has 1 aliphatic carbocycles. The molecule has 0 saturated carbocycles. The van der Waals surface area contributed by atoms with Crippen LogP contribution in [0.25, 0.3) is 0 Å². The Morgan fingerprint density at radius 1 is 1.50 bits per heavy atom. The van der Waals surface area contributed by atoms with Crippen LogP contribution in [-0.2, 0) is 17.6 Å². The molecule has 2 rings (SSSR count). The number of fused-ring (bicyclic) bond motifs is 1. The molecule has 1 unspecified atom stereocenters. The number of benzene rings is 1. The standard InChI is InChI=1S/C12H14O2/c1-9-3-2-4-10-7-12(14,8-13)6-5-11(9)10/h2-4,8,14H,5-7H2,1H3. The molecule has 0 heterocycles. The number of hydrogen-bond acceptors (Lipinski definition) is 2. The lowest BCUT2D eigenvalue weighted by atomic mass is 9.80. The molecule has 1 aromatic carbocycles. The second-order valence-electron chi connectivity index (χ2n) is 4.11. The van der Waals surface area contributed by atoms with E-state index in [0.29, 0.717) is 19.1 Å². The summed E-state index contributed by atoms with van der Waals surface area (Å²) in [5, 5.41) is 9.85. The number of aldehydes is 1. The third kappa shape index (κ3) is 1.46. The van der Waals surface area contributed by atoms with E-state index in [1.807, 2.05) is 12.1 Å². The number of carbonyl (C=O) groups is 1. The van der Waals surface area contributed by atoms with Gasteiger partial charge in [-0.05, 0) is 36.5 Å². The van der Waals surface area contributed by atoms with Gasteiger partial charge in [0.05, 0.1) is 0 Å². The van der Waals surface area contributed by atoms with E-state index in [-0.39, 0.29) is 0 Å². The first-order valence-corrected chi connectivity index (χ1v) is 4.91. The summed E-state index contributed by atoms with van der Waals surface area (Å²) in [6.07, 6.45) is 2.50. The summed E-state index contributed by atoms with van der Waals surface area (Å²) in [5.74, 6) is 0. The van der Waals surface area contributed by atoms with Crippen LogP contribution in [0.1, 0.15) is 23.1 Å². The minimum atomic E-state index is -1.12. The van der Waals surface area contributed by atoms with Crippen LogP contribution in [0.3, 0.4) is 0 Å². The van der Waals surface area contributed by atoms with Gasteiger partial charge in [-0.3, -0.25) is 0 Å². The number of rotatable bonds is 1. The van der Waals surface area contributed by atoms with E-state index < -0.39 is 5.60 Å². The third-order valence-electron chi connectivity index (χ3n) is 3.03. The van der Waals surface area contributed by atoms with Gasteiger partial charge in [0.15, 0.2) is 6.29 Å². The van der Waals surface area contributed by atoms with Gasteiger partial charge in [0.1, 0.15) is 5.60 Å². The molecule has 0 fully saturated rings. The highest BCUT2D eigenvalue weighted by molar-refractivity contribution is 5.64. The highest BCUT2D eigenvalue weighted by atomic mass is 16.3. The van der Waals surface area contributed by atoms with Crippen molar-refractivity contribution in [3.05, 3.63) is 34.9 Å². The highest BCUT2D eigenvalue weighted by Gasteiger charge is 2.31. The van der Waals surface area contributed by atoms with Crippen molar-refractivity contribution in [1.29, 1.82) is 0 Å². The average Bonchev–Trinajstić information content (AvgIpc) is 2.18. The maximum Gasteiger partial charge on any atom is 0.151 e. The molecule has 0 bridgehead atoms. The molecule has 1 aliphatic rings. The summed E-state index contributed by atoms with van der Waals surface area (Å²) in [6, 6.07) is 6.05. The quantitative estimate of drug-likeness (QED) is 0.680. The fourth-order valence-electron chi connectivity index (χ4n) is 2.15. The summed E-state index contributed by atoms with van der Waals surface area (Å²) in [6.45, 7) is 2.07. The molecule has 0 saturated heterocycles. The predicted molar refractivity (Wildman–Crippen MR) is 54.2 cm³/mol. The Morgan fingerprint density at radius 2 is 2.29 bits per heavy atom. The summed E-state index contributed by atoms with van der Waals surface area (Å²) in [5.41, 5.74) is 2.56. The minimum Gasteiger partial charge on any atom is -0.382 e. The van der Waals surface area contributed by atoms with E-state index >= 15 is 0 Å². The van der Waals surface area contributed by atoms with Crippen LogP contribution >= 0.6 is 0 Å². The molecule has 2 nitrogen and oxygen atoms in total. The normalized spacial score (nSPS) is 25.6. The SMILES string of the molecule is Cc1cccc2c1CCC(O)(C=O)C2. The molecule has 2 heteroatoms. The molecule has 0 aromatic heterocycles. The van der Waals surface area contributed by atoms with Gasteiger partial charge in [0.2, 0.25) is 0 Å². The fourth-order valence-corrected chi connectivity index (χ4v) is 2.15. The Labute approximate surface area is 83.6 Å². The molecule has 0 radical (unpaired) electrons. The Hall–Kier alpha value is -1.15. The van der Waals surface area contributed by atoms with Gasteiger partial charge in [0, 0.05) is 6.42 Å². The molecule has 0 spiro atoms. The van der Waals surface area contributed by atoms with Crippen molar-refractivity contribution in [2.45, 2.75) is 31.8 Å². The Kier molecular flexibility index (Phi) is 2.16. The second-order valence-corrected chi connectivity index (χ2v) is 4.11. The topological polar surface area (TPSA) is 37.3 Å². The lowest BCUT2D eigenvalue weighted by Crippen LogP contribution is -2.37. The largest absolute Gasteiger partial charge is 0.382 e. The van der Waals surface area contributed by atoms with Crippen LogP contribution in [0.5, 0.6) is 0 Å². The zero-order valence-electron chi connectivity index (χ0n) is 8.29. The molecular formula is C12H14O2. The lowest BCUT2D eigenvalue weighted by Gasteiger charge is -2.29. The van der Waals surface area contributed by atoms with Gasteiger partial charge < -0.3 is 9.90 Å². The summed E-state index contributed by atoms with van der Waals surface area (Å²) < 4.78 is 0. The van der Waals surface area contributed by atoms with Crippen molar-refractivity contribution < 1.29 is 9.90 Å². The Bertz CT molecular complexity index is 371. The van der Waals surface area contributed by atoms with Crippen molar-refractivity contribution in [1.82, 2.24) is 0 Å². The van der Waals surface area contributed by atoms with Crippen LogP contribution in [0.2, 0.25) is 0 Å². The molecule has 1 aromatic rings. The molecule has 0 aliphatic heterocycles. The number of aryl methyl sites for hydroxylation is 1. The van der Waals surface area contributed by atoms with E-state index in [0.717, 1.165) is 12.0 Å². The summed E-state index contributed by atoms with van der Waals surface area (Å²) >= 11 is 0. The molecule has 1 atom stereocenters. The molecule has 1 N–H and O–H groups in total. The second kappa shape index (κ2) is 3.21. The zero-order valence-corrected chi connectivity index (χ0v) is 8.29. The molecule has 14 heavy (non-hydrogen) atoms. The van der Waals surface area contributed by atoms with E-state index in [9.17, 15) is 9.90 Å². The molecular weight excluding hydrogens is 176 g/mol. The number of aliphatic hydroxyl groups is 1. The van der Waals surface area contributed by atoms with Gasteiger partial charge >= 0.3 is 0 Å². The average molecular weight is 190 g/mol. The van der Waals surface area contributed by atoms with Crippen molar-refractivity contribution in [3.63, 3.8) is 0 Å². The van der Waals surface area contributed by atoms with Crippen LogP contribution in [0, 0.1) is 6.92 Å². The van der Waals surface area contributed by atoms with Crippen molar-refractivity contribution in [2.75, 3.05) is 0 Å². The van der Waals surface area contributed by atoms with E-state index in [2.05, 4.69) is 13.0 Å². The van der Waals surface area contributed by atoms with Gasteiger partial charge in [-0.25, -0.2) is 0 Å². The fraction of sp³-hybridized carbons (Fsp3) is 0.417. The van der Waals surface area contributed by atoms with Crippen molar-refractivity contribution >= 4 is 6.29 Å². The third-order valence-corrected chi connectivity index (χ3v) is 3.03. The maximum absolute atomic E-state index is 10.7. The van der Waals surface area contributed by atoms with Crippen LogP contribution in [0.15, 0.2) is 18.2 Å². The van der Waals surface area contributed by atoms with Crippen LogP contribution < -0.4 is 0 Å². The Balaban J connectivity index is 2.41. The first-order chi connectivity index (χ1) is 6.64. The van der Waals surface area contributed by atoms with Crippen LogP contribution in [-0.4, -0.2) is 17.0 Å². The van der Waals surface area contributed by atoms with Gasteiger partial charge in [-0.1, -0.05) is 18.2 Å². The first-order valence-electron chi connectivity index (χ1n) is 4.91. The highest BCUT2D eigenvalue weighted by Crippen LogP contribution is 2.29. The van der Waals surface area contributed by atoms with E-state index in [1.165, 1.54) is 11.1 Å². The summed E-state index contributed by atoms with van der Waals surface area (Å²) in [7, 11) is 0. The molecule has 0 amide bonds. The first kappa shape index (κ1) is 9.41. The Morgan fingerprint density at radius 3 is 3.00 bits per heavy atom. The lowest BCUT2D eigenvalue weighted by molar-refractivity contribution is -0.125. The van der Waals surface area contributed by atoms with Crippen LogP contribution in [0.4, 0.5) is 0 Å². The monoisotopic (exact) mass is 190 g/mol. The van der Waals surface area contributed by atoms with Gasteiger partial charge in [-0.2, -0.15) is 0 Å². The summed E-state index contributed by atoms with van der Waals surface area (Å²) in [4.78, 5) is 10.7.